The number of nitrogens with one attached hydrogen (secondary N) is 1. The van der Waals surface area contributed by atoms with Gasteiger partial charge in [0, 0.05) is 44.3 Å². The van der Waals surface area contributed by atoms with Gasteiger partial charge in [-0.25, -0.2) is 9.78 Å². The summed E-state index contributed by atoms with van der Waals surface area (Å²) in [4.78, 5) is 43.6. The number of carbonyl (C=O) groups excluding carboxylic acids is 3. The van der Waals surface area contributed by atoms with Gasteiger partial charge in [-0.3, -0.25) is 9.59 Å². The van der Waals surface area contributed by atoms with Gasteiger partial charge in [0.15, 0.2) is 0 Å². The highest BCUT2D eigenvalue weighted by molar-refractivity contribution is 5.96. The Hall–Kier alpha value is -4.18. The molecule has 0 unspecified atom stereocenters. The molecular weight excluding hydrogens is 606 g/mol. The Labute approximate surface area is 277 Å². The molecule has 2 heterocycles. The first kappa shape index (κ1) is 37.3. The van der Waals surface area contributed by atoms with Crippen molar-refractivity contribution < 1.29 is 42.8 Å². The van der Waals surface area contributed by atoms with Gasteiger partial charge in [0.25, 0.3) is 5.91 Å². The maximum atomic E-state index is 12.8. The number of rotatable bonds is 18. The van der Waals surface area contributed by atoms with Crippen LogP contribution in [0.1, 0.15) is 56.8 Å². The molecule has 47 heavy (non-hydrogen) atoms. The van der Waals surface area contributed by atoms with E-state index >= 15 is 0 Å². The fourth-order valence-electron chi connectivity index (χ4n) is 4.65. The SMILES string of the molecule is C#CCOCCOCCOCC(=O)N1CCC(Oc2cccc(Oc3ccc(C(=O)N[C@@H](CCC(C)(C)C)C(=O)OC)cn3)c2)CC1. The van der Waals surface area contributed by atoms with Crippen molar-refractivity contribution in [2.75, 3.05) is 59.8 Å². The standard InChI is InChI=1S/C35H47N3O9/c1-6-18-43-19-20-44-21-22-45-25-32(39)38-16-13-27(14-17-38)46-28-8-7-9-29(23-28)47-31-11-10-26(24-36-31)33(40)37-30(34(41)42-5)12-15-35(2,3)4/h1,7-11,23-24,27,30H,12-22,25H2,2-5H3,(H,37,40)/t30-/m0/s1. The predicted octanol–water partition coefficient (Wildman–Crippen LogP) is 4.02. The van der Waals surface area contributed by atoms with Crippen LogP contribution in [-0.4, -0.2) is 99.7 Å². The van der Waals surface area contributed by atoms with Crippen LogP contribution in [0.15, 0.2) is 42.6 Å². The minimum absolute atomic E-state index is 0.00467. The lowest BCUT2D eigenvalue weighted by molar-refractivity contribution is -0.143. The van der Waals surface area contributed by atoms with Crippen molar-refractivity contribution >= 4 is 17.8 Å². The maximum Gasteiger partial charge on any atom is 0.328 e. The van der Waals surface area contributed by atoms with Crippen LogP contribution in [0.25, 0.3) is 0 Å². The molecule has 1 fully saturated rings. The number of benzene rings is 1. The summed E-state index contributed by atoms with van der Waals surface area (Å²) in [7, 11) is 1.30. The molecule has 0 radical (unpaired) electrons. The fourth-order valence-corrected chi connectivity index (χ4v) is 4.65. The zero-order valence-corrected chi connectivity index (χ0v) is 27.8. The van der Waals surface area contributed by atoms with E-state index in [9.17, 15) is 14.4 Å². The first-order valence-electron chi connectivity index (χ1n) is 15.8. The Bertz CT molecular complexity index is 1310. The number of esters is 1. The number of methoxy groups -OCH3 is 1. The molecule has 12 heteroatoms. The van der Waals surface area contributed by atoms with Crippen LogP contribution in [0.4, 0.5) is 0 Å². The summed E-state index contributed by atoms with van der Waals surface area (Å²) in [6, 6.07) is 9.65. The Morgan fingerprint density at radius 2 is 1.72 bits per heavy atom. The number of amides is 2. The molecule has 1 saturated heterocycles. The van der Waals surface area contributed by atoms with Gasteiger partial charge in [-0.1, -0.05) is 32.8 Å². The first-order valence-corrected chi connectivity index (χ1v) is 15.8. The highest BCUT2D eigenvalue weighted by Gasteiger charge is 2.26. The van der Waals surface area contributed by atoms with Crippen LogP contribution < -0.4 is 14.8 Å². The molecule has 1 aromatic carbocycles. The second-order valence-corrected chi connectivity index (χ2v) is 12.2. The Balaban J connectivity index is 1.40. The number of ether oxygens (including phenoxy) is 6. The first-order chi connectivity index (χ1) is 22.6. The van der Waals surface area contributed by atoms with E-state index in [1.807, 2.05) is 12.1 Å². The molecule has 1 atom stereocenters. The molecule has 0 spiro atoms. The van der Waals surface area contributed by atoms with Gasteiger partial charge >= 0.3 is 5.97 Å². The van der Waals surface area contributed by atoms with E-state index in [1.54, 1.807) is 29.2 Å². The number of hydrogen-bond donors (Lipinski definition) is 1. The van der Waals surface area contributed by atoms with Crippen molar-refractivity contribution in [2.45, 2.75) is 58.6 Å². The quantitative estimate of drug-likeness (QED) is 0.143. The molecule has 0 bridgehead atoms. The zero-order chi connectivity index (χ0) is 34.1. The van der Waals surface area contributed by atoms with Crippen LogP contribution in [0.2, 0.25) is 0 Å². The lowest BCUT2D eigenvalue weighted by Gasteiger charge is -2.32. The molecule has 1 aliphatic heterocycles. The number of hydrogen-bond acceptors (Lipinski definition) is 10. The zero-order valence-electron chi connectivity index (χ0n) is 27.8. The number of terminal acetylenes is 1. The van der Waals surface area contributed by atoms with E-state index in [0.29, 0.717) is 81.7 Å². The van der Waals surface area contributed by atoms with Crippen molar-refractivity contribution in [3.8, 4) is 29.7 Å². The van der Waals surface area contributed by atoms with Crippen LogP contribution in [-0.2, 0) is 28.5 Å². The topological polar surface area (TPSA) is 135 Å². The number of likely N-dealkylation sites (tertiary alicyclic amines) is 1. The second kappa shape index (κ2) is 19.5. The molecule has 2 aromatic rings. The van der Waals surface area contributed by atoms with Gasteiger partial charge < -0.3 is 38.6 Å². The molecule has 1 aliphatic rings. The lowest BCUT2D eigenvalue weighted by atomic mass is 9.88. The highest BCUT2D eigenvalue weighted by Crippen LogP contribution is 2.27. The minimum Gasteiger partial charge on any atom is -0.490 e. The van der Waals surface area contributed by atoms with Gasteiger partial charge in [-0.15, -0.1) is 6.42 Å². The summed E-state index contributed by atoms with van der Waals surface area (Å²) in [6.45, 7) is 9.17. The number of aromatic nitrogens is 1. The predicted molar refractivity (Wildman–Crippen MR) is 174 cm³/mol. The van der Waals surface area contributed by atoms with Gasteiger partial charge in [0.05, 0.1) is 39.1 Å². The van der Waals surface area contributed by atoms with Gasteiger partial charge in [-0.05, 0) is 36.5 Å². The number of carbonyl (C=O) groups is 3. The number of pyridine rings is 1. The average Bonchev–Trinajstić information content (AvgIpc) is 3.05. The molecule has 0 aliphatic carbocycles. The van der Waals surface area contributed by atoms with Crippen LogP contribution in [0.5, 0.6) is 17.4 Å². The Morgan fingerprint density at radius 3 is 2.38 bits per heavy atom. The van der Waals surface area contributed by atoms with E-state index in [2.05, 4.69) is 37.0 Å². The van der Waals surface area contributed by atoms with Crippen LogP contribution >= 0.6 is 0 Å². The summed E-state index contributed by atoms with van der Waals surface area (Å²) in [5.74, 6) is 2.87. The van der Waals surface area contributed by atoms with E-state index in [1.165, 1.54) is 13.3 Å². The summed E-state index contributed by atoms with van der Waals surface area (Å²) >= 11 is 0. The second-order valence-electron chi connectivity index (χ2n) is 12.2. The molecule has 12 nitrogen and oxygen atoms in total. The third kappa shape index (κ3) is 14.0. The molecule has 2 amide bonds. The largest absolute Gasteiger partial charge is 0.490 e. The molecule has 1 aromatic heterocycles. The van der Waals surface area contributed by atoms with Crippen molar-refractivity contribution in [1.29, 1.82) is 0 Å². The van der Waals surface area contributed by atoms with Crippen LogP contribution in [0.3, 0.4) is 0 Å². The summed E-state index contributed by atoms with van der Waals surface area (Å²) in [5.41, 5.74) is 0.299. The van der Waals surface area contributed by atoms with Gasteiger partial charge in [0.1, 0.15) is 36.9 Å². The average molecular weight is 654 g/mol. The smallest absolute Gasteiger partial charge is 0.328 e. The summed E-state index contributed by atoms with van der Waals surface area (Å²) < 4.78 is 32.9. The minimum atomic E-state index is -0.750. The third-order valence-corrected chi connectivity index (χ3v) is 7.25. The molecule has 1 N–H and O–H groups in total. The highest BCUT2D eigenvalue weighted by atomic mass is 16.5. The molecule has 3 rings (SSSR count). The van der Waals surface area contributed by atoms with E-state index < -0.39 is 17.9 Å². The van der Waals surface area contributed by atoms with Crippen molar-refractivity contribution in [1.82, 2.24) is 15.2 Å². The van der Waals surface area contributed by atoms with Crippen molar-refractivity contribution in [2.24, 2.45) is 5.41 Å². The molecular formula is C35H47N3O9. The third-order valence-electron chi connectivity index (χ3n) is 7.25. The van der Waals surface area contributed by atoms with Crippen molar-refractivity contribution in [3.63, 3.8) is 0 Å². The summed E-state index contributed by atoms with van der Waals surface area (Å²) in [5, 5.41) is 2.75. The number of piperidine rings is 1. The lowest BCUT2D eigenvalue weighted by Crippen LogP contribution is -2.43. The number of nitrogens with zero attached hydrogens (tertiary/aromatic N) is 2. The van der Waals surface area contributed by atoms with E-state index in [-0.39, 0.29) is 30.6 Å². The Kier molecular flexibility index (Phi) is 15.4. The summed E-state index contributed by atoms with van der Waals surface area (Å²) in [6.07, 6.45) is 9.04. The fraction of sp³-hybridized carbons (Fsp3) is 0.543. The van der Waals surface area contributed by atoms with Gasteiger partial charge in [-0.2, -0.15) is 0 Å². The van der Waals surface area contributed by atoms with E-state index in [0.717, 1.165) is 6.42 Å². The van der Waals surface area contributed by atoms with Crippen LogP contribution in [0, 0.1) is 17.8 Å². The Morgan fingerprint density at radius 1 is 1.02 bits per heavy atom. The molecule has 0 saturated carbocycles. The van der Waals surface area contributed by atoms with Crippen molar-refractivity contribution in [3.05, 3.63) is 48.2 Å². The normalized spacial score (nSPS) is 14.1. The molecule has 256 valence electrons. The van der Waals surface area contributed by atoms with E-state index in [4.69, 9.17) is 34.8 Å². The van der Waals surface area contributed by atoms with Gasteiger partial charge in [0.2, 0.25) is 11.8 Å². The monoisotopic (exact) mass is 653 g/mol. The maximum absolute atomic E-state index is 12.8.